The van der Waals surface area contributed by atoms with E-state index in [-0.39, 0.29) is 37.7 Å². The molecular formula is C19H18ClNO5S. The highest BCUT2D eigenvalue weighted by Gasteiger charge is 2.46. The summed E-state index contributed by atoms with van der Waals surface area (Å²) in [6, 6.07) is 9.37. The lowest BCUT2D eigenvalue weighted by molar-refractivity contribution is -0.140. The number of ketones is 1. The van der Waals surface area contributed by atoms with E-state index in [1.165, 1.54) is 16.2 Å². The average Bonchev–Trinajstić information content (AvgIpc) is 3.27. The number of Topliss-reactive ketones (excluding diaryl/α,β-unsaturated/α-hetero) is 1. The number of likely N-dealkylation sites (tertiary alicyclic amines) is 1. The average molecular weight is 408 g/mol. The van der Waals surface area contributed by atoms with Crippen molar-refractivity contribution in [2.24, 2.45) is 0 Å². The maximum Gasteiger partial charge on any atom is 0.295 e. The van der Waals surface area contributed by atoms with Gasteiger partial charge >= 0.3 is 0 Å². The van der Waals surface area contributed by atoms with Crippen LogP contribution in [0.2, 0.25) is 5.02 Å². The van der Waals surface area contributed by atoms with Gasteiger partial charge in [0.05, 0.1) is 31.4 Å². The molecule has 27 heavy (non-hydrogen) atoms. The number of hydrogen-bond donors (Lipinski definition) is 2. The van der Waals surface area contributed by atoms with Crippen LogP contribution in [-0.4, -0.2) is 53.2 Å². The highest BCUT2D eigenvalue weighted by molar-refractivity contribution is 7.10. The molecule has 0 aliphatic carbocycles. The molecule has 1 atom stereocenters. The summed E-state index contributed by atoms with van der Waals surface area (Å²) in [5.41, 5.74) is 0.461. The van der Waals surface area contributed by atoms with Crippen molar-refractivity contribution in [3.63, 3.8) is 0 Å². The molecule has 1 aromatic heterocycles. The lowest BCUT2D eigenvalue weighted by atomic mass is 10.00. The highest BCUT2D eigenvalue weighted by atomic mass is 35.5. The second kappa shape index (κ2) is 8.67. The second-order valence-corrected chi connectivity index (χ2v) is 7.27. The van der Waals surface area contributed by atoms with Crippen molar-refractivity contribution < 1.29 is 24.5 Å². The first-order chi connectivity index (χ1) is 13.0. The predicted molar refractivity (Wildman–Crippen MR) is 103 cm³/mol. The van der Waals surface area contributed by atoms with Gasteiger partial charge in [-0.15, -0.1) is 11.3 Å². The van der Waals surface area contributed by atoms with Crippen LogP contribution in [0, 0.1) is 0 Å². The number of halogens is 1. The number of amides is 1. The molecule has 1 aromatic carbocycles. The zero-order chi connectivity index (χ0) is 19.4. The first-order valence-corrected chi connectivity index (χ1v) is 9.56. The Hall–Kier alpha value is -2.19. The molecule has 2 aromatic rings. The molecule has 0 bridgehead atoms. The third kappa shape index (κ3) is 4.06. The Labute approximate surface area is 165 Å². The zero-order valence-corrected chi connectivity index (χ0v) is 15.9. The van der Waals surface area contributed by atoms with E-state index in [0.717, 1.165) is 4.88 Å². The van der Waals surface area contributed by atoms with Crippen LogP contribution in [0.15, 0.2) is 47.4 Å². The Morgan fingerprint density at radius 1 is 1.19 bits per heavy atom. The standard InChI is InChI=1S/C19H18ClNO5S/c20-13-5-3-12(4-6-13)17(23)15-16(14-2-1-11-27-14)21(19(25)18(15)24)7-9-26-10-8-22/h1-6,11,16,22-23H,7-10H2/b17-15-. The van der Waals surface area contributed by atoms with Crippen molar-refractivity contribution in [3.05, 3.63) is 62.8 Å². The van der Waals surface area contributed by atoms with E-state index in [4.69, 9.17) is 21.4 Å². The van der Waals surface area contributed by atoms with Gasteiger partial charge in [-0.1, -0.05) is 17.7 Å². The molecule has 0 radical (unpaired) electrons. The van der Waals surface area contributed by atoms with Crippen molar-refractivity contribution in [2.75, 3.05) is 26.4 Å². The summed E-state index contributed by atoms with van der Waals surface area (Å²) in [7, 11) is 0. The fourth-order valence-electron chi connectivity index (χ4n) is 2.95. The third-order valence-electron chi connectivity index (χ3n) is 4.18. The minimum atomic E-state index is -0.733. The van der Waals surface area contributed by atoms with Gasteiger partial charge in [-0.25, -0.2) is 0 Å². The number of nitrogens with zero attached hydrogens (tertiary/aromatic N) is 1. The van der Waals surface area contributed by atoms with Gasteiger partial charge in [0.2, 0.25) is 0 Å². The number of benzene rings is 1. The quantitative estimate of drug-likeness (QED) is 0.319. The van der Waals surface area contributed by atoms with Crippen molar-refractivity contribution in [3.8, 4) is 0 Å². The lowest BCUT2D eigenvalue weighted by Crippen LogP contribution is -2.32. The fourth-order valence-corrected chi connectivity index (χ4v) is 3.92. The fraction of sp³-hybridized carbons (Fsp3) is 0.263. The van der Waals surface area contributed by atoms with Gasteiger partial charge in [0.1, 0.15) is 5.76 Å². The normalized spacial score (nSPS) is 19.0. The van der Waals surface area contributed by atoms with Gasteiger partial charge in [0.15, 0.2) is 0 Å². The van der Waals surface area contributed by atoms with Crippen LogP contribution < -0.4 is 0 Å². The number of carbonyl (C=O) groups excluding carboxylic acids is 2. The molecule has 0 spiro atoms. The van der Waals surface area contributed by atoms with E-state index >= 15 is 0 Å². The number of aliphatic hydroxyl groups excluding tert-OH is 2. The molecule has 6 nitrogen and oxygen atoms in total. The smallest absolute Gasteiger partial charge is 0.295 e. The van der Waals surface area contributed by atoms with Crippen LogP contribution in [0.25, 0.3) is 5.76 Å². The minimum absolute atomic E-state index is 0.0481. The first kappa shape index (κ1) is 19.6. The topological polar surface area (TPSA) is 87.1 Å². The number of thiophene rings is 1. The van der Waals surface area contributed by atoms with Crippen molar-refractivity contribution in [1.82, 2.24) is 4.90 Å². The lowest BCUT2D eigenvalue weighted by Gasteiger charge is -2.23. The van der Waals surface area contributed by atoms with E-state index in [1.807, 2.05) is 17.5 Å². The summed E-state index contributed by atoms with van der Waals surface area (Å²) in [5.74, 6) is -1.65. The molecule has 1 aliphatic rings. The Morgan fingerprint density at radius 2 is 1.93 bits per heavy atom. The van der Waals surface area contributed by atoms with E-state index in [0.29, 0.717) is 10.6 Å². The SMILES string of the molecule is O=C1C(=O)N(CCOCCO)C(c2cccs2)/C1=C(/O)c1ccc(Cl)cc1. The maximum absolute atomic E-state index is 12.7. The predicted octanol–water partition coefficient (Wildman–Crippen LogP) is 2.83. The summed E-state index contributed by atoms with van der Waals surface area (Å²) in [4.78, 5) is 27.4. The number of rotatable bonds is 7. The van der Waals surface area contributed by atoms with Crippen LogP contribution in [0.1, 0.15) is 16.5 Å². The molecule has 1 unspecified atom stereocenters. The number of carbonyl (C=O) groups is 2. The van der Waals surface area contributed by atoms with Gasteiger partial charge in [-0.05, 0) is 35.7 Å². The van der Waals surface area contributed by atoms with Crippen LogP contribution in [-0.2, 0) is 14.3 Å². The van der Waals surface area contributed by atoms with Gasteiger partial charge in [-0.3, -0.25) is 9.59 Å². The molecule has 1 aliphatic heterocycles. The monoisotopic (exact) mass is 407 g/mol. The molecule has 3 rings (SSSR count). The van der Waals surface area contributed by atoms with Gasteiger partial charge in [-0.2, -0.15) is 0 Å². The van der Waals surface area contributed by atoms with Gasteiger partial charge in [0.25, 0.3) is 11.7 Å². The Bertz CT molecular complexity index is 847. The summed E-state index contributed by atoms with van der Waals surface area (Å²) >= 11 is 7.28. The highest BCUT2D eigenvalue weighted by Crippen LogP contribution is 2.40. The maximum atomic E-state index is 12.7. The molecule has 2 N–H and O–H groups in total. The molecule has 142 valence electrons. The Morgan fingerprint density at radius 3 is 2.56 bits per heavy atom. The van der Waals surface area contributed by atoms with Crippen LogP contribution in [0.5, 0.6) is 0 Å². The van der Waals surface area contributed by atoms with E-state index < -0.39 is 17.7 Å². The van der Waals surface area contributed by atoms with Crippen molar-refractivity contribution >= 4 is 40.4 Å². The van der Waals surface area contributed by atoms with Crippen LogP contribution in [0.3, 0.4) is 0 Å². The number of ether oxygens (including phenoxy) is 1. The second-order valence-electron chi connectivity index (χ2n) is 5.85. The molecule has 1 amide bonds. The summed E-state index contributed by atoms with van der Waals surface area (Å²) < 4.78 is 5.24. The van der Waals surface area contributed by atoms with Crippen LogP contribution >= 0.6 is 22.9 Å². The summed E-state index contributed by atoms with van der Waals surface area (Å²) in [6.45, 7) is 0.378. The van der Waals surface area contributed by atoms with Crippen LogP contribution in [0.4, 0.5) is 0 Å². The minimum Gasteiger partial charge on any atom is -0.507 e. The molecule has 0 saturated carbocycles. The molecule has 2 heterocycles. The number of aliphatic hydroxyl groups is 2. The van der Waals surface area contributed by atoms with E-state index in [9.17, 15) is 14.7 Å². The van der Waals surface area contributed by atoms with Crippen molar-refractivity contribution in [2.45, 2.75) is 6.04 Å². The third-order valence-corrected chi connectivity index (χ3v) is 5.36. The first-order valence-electron chi connectivity index (χ1n) is 8.31. The van der Waals surface area contributed by atoms with Gasteiger partial charge < -0.3 is 19.8 Å². The number of hydrogen-bond acceptors (Lipinski definition) is 6. The van der Waals surface area contributed by atoms with E-state index in [1.54, 1.807) is 24.3 Å². The van der Waals surface area contributed by atoms with Gasteiger partial charge in [0, 0.05) is 22.0 Å². The largest absolute Gasteiger partial charge is 0.507 e. The molecular weight excluding hydrogens is 390 g/mol. The Kier molecular flexibility index (Phi) is 6.28. The molecule has 1 fully saturated rings. The van der Waals surface area contributed by atoms with E-state index in [2.05, 4.69) is 0 Å². The summed E-state index contributed by atoms with van der Waals surface area (Å²) in [6.07, 6.45) is 0. The van der Waals surface area contributed by atoms with Crippen molar-refractivity contribution in [1.29, 1.82) is 0 Å². The molecule has 1 saturated heterocycles. The zero-order valence-electron chi connectivity index (χ0n) is 14.3. The summed E-state index contributed by atoms with van der Waals surface area (Å²) in [5, 5.41) is 21.9. The molecule has 8 heteroatoms. The Balaban J connectivity index is 2.00.